The van der Waals surface area contributed by atoms with Crippen LogP contribution in [0.1, 0.15) is 19.9 Å². The van der Waals surface area contributed by atoms with Gasteiger partial charge in [0.15, 0.2) is 0 Å². The standard InChI is InChI=1S/C12H11FN2O/c1-8(2)15-6-11(14-7-16)9-4-3-5-10(13)12(9)15/h3-6,8H,1-2H3. The molecule has 4 heteroatoms. The number of aromatic nitrogens is 1. The van der Waals surface area contributed by atoms with E-state index >= 15 is 0 Å². The number of isocyanates is 1. The molecule has 0 radical (unpaired) electrons. The smallest absolute Gasteiger partial charge is 0.240 e. The summed E-state index contributed by atoms with van der Waals surface area (Å²) in [6, 6.07) is 4.85. The van der Waals surface area contributed by atoms with Crippen LogP contribution in [-0.4, -0.2) is 10.6 Å². The number of carbonyl (C=O) groups excluding carboxylic acids is 1. The third kappa shape index (κ3) is 1.53. The predicted octanol–water partition coefficient (Wildman–Crippen LogP) is 3.33. The normalized spacial score (nSPS) is 10.8. The molecule has 82 valence electrons. The van der Waals surface area contributed by atoms with Crippen molar-refractivity contribution < 1.29 is 9.18 Å². The van der Waals surface area contributed by atoms with Crippen molar-refractivity contribution in [2.75, 3.05) is 0 Å². The second-order valence-electron chi connectivity index (χ2n) is 3.85. The highest BCUT2D eigenvalue weighted by Gasteiger charge is 2.13. The van der Waals surface area contributed by atoms with E-state index in [1.807, 2.05) is 13.8 Å². The number of fused-ring (bicyclic) bond motifs is 1. The average Bonchev–Trinajstić information content (AvgIpc) is 2.60. The zero-order valence-corrected chi connectivity index (χ0v) is 9.07. The molecule has 1 heterocycles. The summed E-state index contributed by atoms with van der Waals surface area (Å²) in [6.07, 6.45) is 3.16. The van der Waals surface area contributed by atoms with E-state index in [1.165, 1.54) is 12.1 Å². The molecule has 0 bridgehead atoms. The van der Waals surface area contributed by atoms with E-state index in [0.717, 1.165) is 0 Å². The lowest BCUT2D eigenvalue weighted by Gasteiger charge is -2.08. The fourth-order valence-corrected chi connectivity index (χ4v) is 1.80. The summed E-state index contributed by atoms with van der Waals surface area (Å²) in [5.74, 6) is -0.307. The Hall–Kier alpha value is -1.93. The first-order chi connectivity index (χ1) is 7.65. The van der Waals surface area contributed by atoms with Crippen molar-refractivity contribution in [1.29, 1.82) is 0 Å². The highest BCUT2D eigenvalue weighted by molar-refractivity contribution is 5.92. The van der Waals surface area contributed by atoms with Gasteiger partial charge < -0.3 is 4.57 Å². The minimum Gasteiger partial charge on any atom is -0.340 e. The zero-order valence-electron chi connectivity index (χ0n) is 9.07. The molecule has 0 unspecified atom stereocenters. The van der Waals surface area contributed by atoms with Gasteiger partial charge in [-0.1, -0.05) is 12.1 Å². The van der Waals surface area contributed by atoms with Gasteiger partial charge in [0.05, 0.1) is 5.52 Å². The van der Waals surface area contributed by atoms with E-state index in [2.05, 4.69) is 4.99 Å². The number of rotatable bonds is 2. The van der Waals surface area contributed by atoms with Gasteiger partial charge in [0.1, 0.15) is 11.5 Å². The van der Waals surface area contributed by atoms with Crippen molar-refractivity contribution >= 4 is 22.7 Å². The first-order valence-electron chi connectivity index (χ1n) is 5.02. The Morgan fingerprint density at radius 1 is 1.44 bits per heavy atom. The largest absolute Gasteiger partial charge is 0.340 e. The van der Waals surface area contributed by atoms with Crippen molar-refractivity contribution in [2.45, 2.75) is 19.9 Å². The Kier molecular flexibility index (Phi) is 2.59. The maximum Gasteiger partial charge on any atom is 0.240 e. The molecule has 0 amide bonds. The SMILES string of the molecule is CC(C)n1cc(N=C=O)c2cccc(F)c21. The molecule has 0 atom stereocenters. The summed E-state index contributed by atoms with van der Waals surface area (Å²) < 4.78 is 15.5. The molecule has 0 aliphatic carbocycles. The van der Waals surface area contributed by atoms with Crippen LogP contribution in [-0.2, 0) is 4.79 Å². The Bertz CT molecular complexity index is 580. The molecular weight excluding hydrogens is 207 g/mol. The molecule has 16 heavy (non-hydrogen) atoms. The van der Waals surface area contributed by atoms with Crippen LogP contribution in [0, 0.1) is 5.82 Å². The fraction of sp³-hybridized carbons (Fsp3) is 0.250. The number of aliphatic imine (C=N–C) groups is 1. The maximum atomic E-state index is 13.7. The van der Waals surface area contributed by atoms with Crippen LogP contribution in [0.15, 0.2) is 29.4 Å². The highest BCUT2D eigenvalue weighted by Crippen LogP contribution is 2.31. The van der Waals surface area contributed by atoms with Crippen LogP contribution < -0.4 is 0 Å². The summed E-state index contributed by atoms with van der Waals surface area (Å²) >= 11 is 0. The quantitative estimate of drug-likeness (QED) is 0.562. The number of hydrogen-bond donors (Lipinski definition) is 0. The number of nitrogens with zero attached hydrogens (tertiary/aromatic N) is 2. The molecule has 0 aliphatic rings. The van der Waals surface area contributed by atoms with E-state index in [1.54, 1.807) is 22.9 Å². The summed E-state index contributed by atoms with van der Waals surface area (Å²) in [7, 11) is 0. The third-order valence-corrected chi connectivity index (χ3v) is 2.50. The van der Waals surface area contributed by atoms with E-state index in [0.29, 0.717) is 16.6 Å². The molecule has 3 nitrogen and oxygen atoms in total. The van der Waals surface area contributed by atoms with Crippen LogP contribution in [0.5, 0.6) is 0 Å². The summed E-state index contributed by atoms with van der Waals surface area (Å²) in [5.41, 5.74) is 0.935. The lowest BCUT2D eigenvalue weighted by molar-refractivity contribution is 0.565. The minimum absolute atomic E-state index is 0.106. The predicted molar refractivity (Wildman–Crippen MR) is 60.1 cm³/mol. The molecule has 0 aliphatic heterocycles. The monoisotopic (exact) mass is 218 g/mol. The number of halogens is 1. The number of benzene rings is 1. The van der Waals surface area contributed by atoms with E-state index in [9.17, 15) is 9.18 Å². The molecule has 2 aromatic rings. The van der Waals surface area contributed by atoms with Crippen molar-refractivity contribution in [3.05, 3.63) is 30.2 Å². The maximum absolute atomic E-state index is 13.7. The summed E-state index contributed by atoms with van der Waals surface area (Å²) in [6.45, 7) is 3.89. The van der Waals surface area contributed by atoms with Gasteiger partial charge in [0, 0.05) is 17.6 Å². The molecule has 0 fully saturated rings. The fourth-order valence-electron chi connectivity index (χ4n) is 1.80. The topological polar surface area (TPSA) is 34.4 Å². The van der Waals surface area contributed by atoms with Crippen LogP contribution in [0.4, 0.5) is 10.1 Å². The average molecular weight is 218 g/mol. The van der Waals surface area contributed by atoms with Gasteiger partial charge in [-0.15, -0.1) is 0 Å². The molecule has 0 saturated heterocycles. The zero-order chi connectivity index (χ0) is 11.7. The Balaban J connectivity index is 2.87. The van der Waals surface area contributed by atoms with E-state index in [-0.39, 0.29) is 11.9 Å². The van der Waals surface area contributed by atoms with Crippen molar-refractivity contribution in [2.24, 2.45) is 4.99 Å². The molecule has 0 N–H and O–H groups in total. The van der Waals surface area contributed by atoms with Gasteiger partial charge in [-0.3, -0.25) is 0 Å². The van der Waals surface area contributed by atoms with Crippen molar-refractivity contribution in [3.8, 4) is 0 Å². The van der Waals surface area contributed by atoms with Gasteiger partial charge in [-0.2, -0.15) is 4.99 Å². The van der Waals surface area contributed by atoms with E-state index in [4.69, 9.17) is 0 Å². The molecule has 0 saturated carbocycles. The van der Waals surface area contributed by atoms with Gasteiger partial charge in [0.2, 0.25) is 6.08 Å². The molecular formula is C12H11FN2O. The second kappa shape index (κ2) is 3.91. The van der Waals surface area contributed by atoms with E-state index < -0.39 is 0 Å². The lowest BCUT2D eigenvalue weighted by Crippen LogP contribution is -1.99. The van der Waals surface area contributed by atoms with Crippen LogP contribution >= 0.6 is 0 Å². The summed E-state index contributed by atoms with van der Waals surface area (Å²) in [5, 5.41) is 0.636. The van der Waals surface area contributed by atoms with Gasteiger partial charge in [-0.05, 0) is 19.9 Å². The molecule has 0 spiro atoms. The molecule has 2 rings (SSSR count). The van der Waals surface area contributed by atoms with Crippen molar-refractivity contribution in [3.63, 3.8) is 0 Å². The van der Waals surface area contributed by atoms with Crippen LogP contribution in [0.25, 0.3) is 10.9 Å². The first-order valence-corrected chi connectivity index (χ1v) is 5.02. The van der Waals surface area contributed by atoms with Crippen molar-refractivity contribution in [1.82, 2.24) is 4.57 Å². The number of para-hydroxylation sites is 1. The Morgan fingerprint density at radius 2 is 2.19 bits per heavy atom. The Labute approximate surface area is 92.2 Å². The van der Waals surface area contributed by atoms with Crippen LogP contribution in [0.2, 0.25) is 0 Å². The second-order valence-corrected chi connectivity index (χ2v) is 3.85. The number of hydrogen-bond acceptors (Lipinski definition) is 2. The highest BCUT2D eigenvalue weighted by atomic mass is 19.1. The minimum atomic E-state index is -0.307. The van der Waals surface area contributed by atoms with Crippen LogP contribution in [0.3, 0.4) is 0 Å². The summed E-state index contributed by atoms with van der Waals surface area (Å²) in [4.78, 5) is 13.9. The molecule has 1 aromatic carbocycles. The lowest BCUT2D eigenvalue weighted by atomic mass is 10.2. The molecule has 1 aromatic heterocycles. The Morgan fingerprint density at radius 3 is 2.81 bits per heavy atom. The third-order valence-electron chi connectivity index (χ3n) is 2.50. The first kappa shape index (κ1) is 10.6. The van der Waals surface area contributed by atoms with Gasteiger partial charge in [0.25, 0.3) is 0 Å². The van der Waals surface area contributed by atoms with Gasteiger partial charge in [-0.25, -0.2) is 9.18 Å². The van der Waals surface area contributed by atoms with Gasteiger partial charge >= 0.3 is 0 Å².